The fourth-order valence-corrected chi connectivity index (χ4v) is 7.84. The van der Waals surface area contributed by atoms with Crippen LogP contribution in [0, 0.1) is 28.6 Å². The van der Waals surface area contributed by atoms with E-state index in [1.165, 1.54) is 36.8 Å². The van der Waals surface area contributed by atoms with E-state index >= 15 is 0 Å². The van der Waals surface area contributed by atoms with Gasteiger partial charge in [-0.3, -0.25) is 4.98 Å². The number of allylic oxidation sites excluding steroid dienone is 3. The lowest BCUT2D eigenvalue weighted by molar-refractivity contribution is -0.0317. The molecule has 0 aromatic carbocycles. The van der Waals surface area contributed by atoms with Gasteiger partial charge in [-0.1, -0.05) is 37.6 Å². The van der Waals surface area contributed by atoms with Crippen LogP contribution in [-0.2, 0) is 14.3 Å². The van der Waals surface area contributed by atoms with Crippen LogP contribution in [0.2, 0.25) is 0 Å². The highest BCUT2D eigenvalue weighted by atomic mass is 16.8. The van der Waals surface area contributed by atoms with Crippen LogP contribution >= 0.6 is 0 Å². The second-order valence-electron chi connectivity index (χ2n) is 11.2. The molecule has 1 aromatic rings. The van der Waals surface area contributed by atoms with Gasteiger partial charge in [-0.15, -0.1) is 5.48 Å². The van der Waals surface area contributed by atoms with E-state index in [0.717, 1.165) is 37.0 Å². The molecule has 6 atom stereocenters. The lowest BCUT2D eigenvalue weighted by Gasteiger charge is -2.58. The number of nitrogens with zero attached hydrogens (tertiary/aromatic N) is 1. The number of pyridine rings is 1. The predicted octanol–water partition coefficient (Wildman–Crippen LogP) is 6.10. The van der Waals surface area contributed by atoms with Crippen LogP contribution in [0.5, 0.6) is 0 Å². The molecule has 35 heavy (non-hydrogen) atoms. The Morgan fingerprint density at radius 2 is 2.00 bits per heavy atom. The standard InChI is InChI=1S/C29H40N2O4/c1-4-33-16-17-34-27(32)35-31-22-11-13-28(2)21(18-22)7-8-23-25-10-9-24(20-6-5-15-30-19-20)29(25,3)14-12-26(23)28/h5-6,9,15,18-19,22-23,25-26,31H,4,7-8,10-14,16-17H2,1-3H3/t22?,23-,25+,26+,28+,29-/m1/s1. The molecule has 0 amide bonds. The van der Waals surface area contributed by atoms with Crippen LogP contribution in [0.25, 0.3) is 5.57 Å². The van der Waals surface area contributed by atoms with E-state index in [0.29, 0.717) is 13.2 Å². The van der Waals surface area contributed by atoms with Crippen molar-refractivity contribution < 1.29 is 19.1 Å². The fourth-order valence-electron chi connectivity index (χ4n) is 7.84. The molecular formula is C29H40N2O4. The minimum Gasteiger partial charge on any atom is -0.431 e. The summed E-state index contributed by atoms with van der Waals surface area (Å²) in [5.74, 6) is 2.22. The Morgan fingerprint density at radius 1 is 1.14 bits per heavy atom. The summed E-state index contributed by atoms with van der Waals surface area (Å²) >= 11 is 0. The number of hydrogen-bond acceptors (Lipinski definition) is 6. The Kier molecular flexibility index (Phi) is 7.04. The maximum absolute atomic E-state index is 11.9. The van der Waals surface area contributed by atoms with Gasteiger partial charge in [0.25, 0.3) is 0 Å². The van der Waals surface area contributed by atoms with Gasteiger partial charge in [0.15, 0.2) is 0 Å². The van der Waals surface area contributed by atoms with Crippen LogP contribution in [-0.4, -0.2) is 37.0 Å². The summed E-state index contributed by atoms with van der Waals surface area (Å²) in [4.78, 5) is 21.4. The predicted molar refractivity (Wildman–Crippen MR) is 135 cm³/mol. The molecule has 1 aromatic heterocycles. The molecule has 1 unspecified atom stereocenters. The number of carbonyl (C=O) groups is 1. The van der Waals surface area contributed by atoms with E-state index in [4.69, 9.17) is 14.3 Å². The molecule has 4 aliphatic carbocycles. The number of aromatic nitrogens is 1. The van der Waals surface area contributed by atoms with Gasteiger partial charge in [0.1, 0.15) is 6.61 Å². The van der Waals surface area contributed by atoms with Crippen LogP contribution in [0.15, 0.2) is 42.3 Å². The topological polar surface area (TPSA) is 69.7 Å². The van der Waals surface area contributed by atoms with Gasteiger partial charge in [0, 0.05) is 19.0 Å². The van der Waals surface area contributed by atoms with Crippen molar-refractivity contribution in [1.29, 1.82) is 0 Å². The Balaban J connectivity index is 1.23. The maximum Gasteiger partial charge on any atom is 0.527 e. The van der Waals surface area contributed by atoms with Crippen LogP contribution in [0.3, 0.4) is 0 Å². The number of ether oxygens (including phenoxy) is 2. The van der Waals surface area contributed by atoms with Gasteiger partial charge in [-0.2, -0.15) is 0 Å². The quantitative estimate of drug-likeness (QED) is 0.220. The van der Waals surface area contributed by atoms with Crippen molar-refractivity contribution in [3.05, 3.63) is 47.8 Å². The first-order chi connectivity index (χ1) is 17.0. The SMILES string of the molecule is CCOCCOC(=O)ONC1C=C2CC[C@H]3[C@H](CC[C@]4(C)C(c5cccnc5)=CC[C@@H]34)[C@@]2(C)CC1. The first-order valence-electron chi connectivity index (χ1n) is 13.4. The smallest absolute Gasteiger partial charge is 0.431 e. The Labute approximate surface area is 209 Å². The van der Waals surface area contributed by atoms with Crippen LogP contribution in [0.4, 0.5) is 4.79 Å². The van der Waals surface area contributed by atoms with Crippen LogP contribution in [0.1, 0.15) is 71.3 Å². The van der Waals surface area contributed by atoms with Crippen molar-refractivity contribution in [2.24, 2.45) is 28.6 Å². The van der Waals surface area contributed by atoms with Crippen LogP contribution < -0.4 is 5.48 Å². The molecule has 4 aliphatic rings. The van der Waals surface area contributed by atoms with E-state index in [1.807, 2.05) is 19.3 Å². The zero-order chi connectivity index (χ0) is 24.5. The second-order valence-corrected chi connectivity index (χ2v) is 11.2. The number of carbonyl (C=O) groups excluding carboxylic acids is 1. The molecule has 1 N–H and O–H groups in total. The highest BCUT2D eigenvalue weighted by Crippen LogP contribution is 2.66. The monoisotopic (exact) mass is 480 g/mol. The van der Waals surface area contributed by atoms with E-state index in [2.05, 4.69) is 48.6 Å². The third kappa shape index (κ3) is 4.55. The van der Waals surface area contributed by atoms with Gasteiger partial charge in [-0.05, 0) is 97.7 Å². The third-order valence-corrected chi connectivity index (χ3v) is 9.61. The lowest BCUT2D eigenvalue weighted by atomic mass is 9.46. The van der Waals surface area contributed by atoms with Gasteiger partial charge in [-0.25, -0.2) is 4.79 Å². The molecule has 0 spiro atoms. The largest absolute Gasteiger partial charge is 0.527 e. The Morgan fingerprint density at radius 3 is 2.80 bits per heavy atom. The molecule has 6 heteroatoms. The maximum atomic E-state index is 11.9. The summed E-state index contributed by atoms with van der Waals surface area (Å²) in [7, 11) is 0. The molecule has 0 bridgehead atoms. The number of hydrogen-bond donors (Lipinski definition) is 1. The average Bonchev–Trinajstić information content (AvgIpc) is 3.23. The number of nitrogens with one attached hydrogen (secondary N) is 1. The number of rotatable bonds is 7. The molecule has 2 saturated carbocycles. The van der Waals surface area contributed by atoms with E-state index in [-0.39, 0.29) is 23.5 Å². The normalized spacial score (nSPS) is 35.7. The fraction of sp³-hybridized carbons (Fsp3) is 0.655. The summed E-state index contributed by atoms with van der Waals surface area (Å²) in [6, 6.07) is 4.34. The van der Waals surface area contributed by atoms with Gasteiger partial charge in [0.05, 0.1) is 12.6 Å². The molecular weight excluding hydrogens is 440 g/mol. The number of hydroxylamine groups is 1. The molecule has 0 aliphatic heterocycles. The summed E-state index contributed by atoms with van der Waals surface area (Å²) in [6.07, 6.45) is 16.3. The highest BCUT2D eigenvalue weighted by molar-refractivity contribution is 5.72. The second kappa shape index (κ2) is 10.1. The van der Waals surface area contributed by atoms with Gasteiger partial charge in [0.2, 0.25) is 0 Å². The highest BCUT2D eigenvalue weighted by Gasteiger charge is 2.57. The van der Waals surface area contributed by atoms with Gasteiger partial charge < -0.3 is 14.3 Å². The van der Waals surface area contributed by atoms with E-state index in [9.17, 15) is 4.79 Å². The first kappa shape index (κ1) is 24.5. The van der Waals surface area contributed by atoms with Crippen molar-refractivity contribution in [1.82, 2.24) is 10.5 Å². The average molecular weight is 481 g/mol. The zero-order valence-electron chi connectivity index (χ0n) is 21.4. The Bertz CT molecular complexity index is 976. The van der Waals surface area contributed by atoms with Crippen molar-refractivity contribution in [3.8, 4) is 0 Å². The van der Waals surface area contributed by atoms with Crippen molar-refractivity contribution in [3.63, 3.8) is 0 Å². The lowest BCUT2D eigenvalue weighted by Crippen LogP contribution is -2.51. The third-order valence-electron chi connectivity index (χ3n) is 9.61. The molecule has 2 fully saturated rings. The zero-order valence-corrected chi connectivity index (χ0v) is 21.4. The molecule has 1 heterocycles. The molecule has 0 saturated heterocycles. The summed E-state index contributed by atoms with van der Waals surface area (Å²) < 4.78 is 10.2. The summed E-state index contributed by atoms with van der Waals surface area (Å²) in [5.41, 5.74) is 7.84. The van der Waals surface area contributed by atoms with E-state index < -0.39 is 6.16 Å². The molecule has 5 rings (SSSR count). The number of fused-ring (bicyclic) bond motifs is 5. The molecule has 6 nitrogen and oxygen atoms in total. The first-order valence-corrected chi connectivity index (χ1v) is 13.4. The molecule has 190 valence electrons. The summed E-state index contributed by atoms with van der Waals surface area (Å²) in [6.45, 7) is 8.13. The van der Waals surface area contributed by atoms with Crippen molar-refractivity contribution in [2.45, 2.75) is 71.8 Å². The minimum absolute atomic E-state index is 0.0493. The van der Waals surface area contributed by atoms with Crippen molar-refractivity contribution >= 4 is 11.7 Å². The van der Waals surface area contributed by atoms with Crippen molar-refractivity contribution in [2.75, 3.05) is 19.8 Å². The van der Waals surface area contributed by atoms with E-state index in [1.54, 1.807) is 5.57 Å². The summed E-state index contributed by atoms with van der Waals surface area (Å²) in [5, 5.41) is 0. The Hall–Kier alpha value is -2.18. The minimum atomic E-state index is -0.690. The van der Waals surface area contributed by atoms with Gasteiger partial charge >= 0.3 is 6.16 Å². The molecule has 0 radical (unpaired) electrons.